The van der Waals surface area contributed by atoms with Crippen LogP contribution in [0, 0.1) is 0 Å². The summed E-state index contributed by atoms with van der Waals surface area (Å²) in [6.45, 7) is 5.30. The molecule has 2 atom stereocenters. The summed E-state index contributed by atoms with van der Waals surface area (Å²) in [5.74, 6) is -0.0705. The van der Waals surface area contributed by atoms with Crippen LogP contribution in [0.15, 0.2) is 0 Å². The van der Waals surface area contributed by atoms with Crippen LogP contribution in [0.5, 0.6) is 0 Å². The van der Waals surface area contributed by atoms with Crippen molar-refractivity contribution in [3.05, 3.63) is 0 Å². The molecule has 0 aromatic rings. The summed E-state index contributed by atoms with van der Waals surface area (Å²) in [4.78, 5) is 14.9. The van der Waals surface area contributed by atoms with Gasteiger partial charge in [-0.3, -0.25) is 4.79 Å². The molecular weight excluding hydrogens is 252 g/mol. The lowest BCUT2D eigenvalue weighted by Gasteiger charge is -2.43. The molecule has 20 heavy (non-hydrogen) atoms. The van der Waals surface area contributed by atoms with Crippen molar-refractivity contribution in [3.63, 3.8) is 0 Å². The lowest BCUT2D eigenvalue weighted by atomic mass is 9.78. The molecule has 2 aliphatic rings. The van der Waals surface area contributed by atoms with Crippen molar-refractivity contribution >= 4 is 5.97 Å². The molecule has 1 saturated carbocycles. The minimum Gasteiger partial charge on any atom is -0.468 e. The predicted octanol–water partition coefficient (Wildman–Crippen LogP) is 2.33. The van der Waals surface area contributed by atoms with Crippen LogP contribution in [0.1, 0.15) is 58.3 Å². The molecular formula is C16H30N2O2. The summed E-state index contributed by atoms with van der Waals surface area (Å²) in [5, 5.41) is 3.43. The van der Waals surface area contributed by atoms with Gasteiger partial charge in [-0.2, -0.15) is 0 Å². The molecule has 1 aliphatic heterocycles. The van der Waals surface area contributed by atoms with Crippen molar-refractivity contribution in [3.8, 4) is 0 Å². The zero-order valence-electron chi connectivity index (χ0n) is 13.1. The molecule has 2 unspecified atom stereocenters. The van der Waals surface area contributed by atoms with E-state index < -0.39 is 5.54 Å². The van der Waals surface area contributed by atoms with E-state index in [9.17, 15) is 4.79 Å². The number of methoxy groups -OCH3 is 1. The number of carbonyl (C=O) groups is 1. The van der Waals surface area contributed by atoms with E-state index in [0.29, 0.717) is 6.04 Å². The summed E-state index contributed by atoms with van der Waals surface area (Å²) in [7, 11) is 1.51. The Morgan fingerprint density at radius 1 is 1.25 bits per heavy atom. The highest BCUT2D eigenvalue weighted by Gasteiger charge is 2.44. The zero-order valence-corrected chi connectivity index (χ0v) is 13.1. The number of likely N-dealkylation sites (tertiary alicyclic amines) is 1. The average molecular weight is 282 g/mol. The molecule has 0 bridgehead atoms. The van der Waals surface area contributed by atoms with Gasteiger partial charge in [0, 0.05) is 6.04 Å². The first-order valence-corrected chi connectivity index (χ1v) is 8.29. The highest BCUT2D eigenvalue weighted by atomic mass is 16.5. The topological polar surface area (TPSA) is 41.6 Å². The van der Waals surface area contributed by atoms with Gasteiger partial charge >= 0.3 is 5.97 Å². The van der Waals surface area contributed by atoms with Crippen molar-refractivity contribution in [1.82, 2.24) is 10.2 Å². The van der Waals surface area contributed by atoms with Gasteiger partial charge in [0.2, 0.25) is 0 Å². The maximum atomic E-state index is 12.3. The summed E-state index contributed by atoms with van der Waals surface area (Å²) in [5.41, 5.74) is -0.446. The first-order chi connectivity index (χ1) is 9.72. The van der Waals surface area contributed by atoms with Gasteiger partial charge in [0.25, 0.3) is 0 Å². The highest BCUT2D eigenvalue weighted by molar-refractivity contribution is 5.81. The standard InChI is InChI=1S/C16H30N2O2/c1-3-17-16(15(19)20-2)10-8-9-14(13-16)18-11-6-4-5-7-12-18/h14,17H,3-13H2,1-2H3. The first-order valence-electron chi connectivity index (χ1n) is 8.29. The molecule has 4 heteroatoms. The Morgan fingerprint density at radius 3 is 2.55 bits per heavy atom. The normalized spacial score (nSPS) is 32.6. The summed E-state index contributed by atoms with van der Waals surface area (Å²) in [6.07, 6.45) is 9.50. The molecule has 1 saturated heterocycles. The van der Waals surface area contributed by atoms with Crippen molar-refractivity contribution in [2.45, 2.75) is 69.9 Å². The van der Waals surface area contributed by atoms with Gasteiger partial charge in [0.05, 0.1) is 7.11 Å². The molecule has 1 aliphatic carbocycles. The summed E-state index contributed by atoms with van der Waals surface area (Å²) < 4.78 is 5.09. The van der Waals surface area contributed by atoms with E-state index in [0.717, 1.165) is 25.8 Å². The number of hydrogen-bond acceptors (Lipinski definition) is 4. The Balaban J connectivity index is 2.06. The molecule has 0 aromatic carbocycles. The number of nitrogens with one attached hydrogen (secondary N) is 1. The van der Waals surface area contributed by atoms with Crippen LogP contribution in [-0.2, 0) is 9.53 Å². The van der Waals surface area contributed by atoms with Crippen molar-refractivity contribution in [2.24, 2.45) is 0 Å². The quantitative estimate of drug-likeness (QED) is 0.804. The highest BCUT2D eigenvalue weighted by Crippen LogP contribution is 2.33. The number of rotatable bonds is 4. The fourth-order valence-electron chi connectivity index (χ4n) is 3.97. The molecule has 1 N–H and O–H groups in total. The van der Waals surface area contributed by atoms with E-state index in [2.05, 4.69) is 17.1 Å². The van der Waals surface area contributed by atoms with Crippen LogP contribution in [0.2, 0.25) is 0 Å². The fourth-order valence-corrected chi connectivity index (χ4v) is 3.97. The summed E-state index contributed by atoms with van der Waals surface area (Å²) in [6, 6.07) is 0.542. The average Bonchev–Trinajstić information content (AvgIpc) is 2.76. The predicted molar refractivity (Wildman–Crippen MR) is 80.7 cm³/mol. The number of esters is 1. The van der Waals surface area contributed by atoms with Gasteiger partial charge in [0.1, 0.15) is 5.54 Å². The number of likely N-dealkylation sites (N-methyl/N-ethyl adjacent to an activating group) is 1. The van der Waals surface area contributed by atoms with Gasteiger partial charge < -0.3 is 15.0 Å². The SMILES string of the molecule is CCNC1(C(=O)OC)CCCC(N2CCCCCC2)C1. The monoisotopic (exact) mass is 282 g/mol. The van der Waals surface area contributed by atoms with Crippen LogP contribution in [-0.4, -0.2) is 49.2 Å². The van der Waals surface area contributed by atoms with E-state index >= 15 is 0 Å². The van der Waals surface area contributed by atoms with Gasteiger partial charge in [-0.15, -0.1) is 0 Å². The fraction of sp³-hybridized carbons (Fsp3) is 0.938. The van der Waals surface area contributed by atoms with Gasteiger partial charge in [-0.25, -0.2) is 0 Å². The summed E-state index contributed by atoms with van der Waals surface area (Å²) >= 11 is 0. The van der Waals surface area contributed by atoms with Crippen LogP contribution in [0.4, 0.5) is 0 Å². The number of nitrogens with zero attached hydrogens (tertiary/aromatic N) is 1. The third-order valence-corrected chi connectivity index (χ3v) is 4.97. The molecule has 116 valence electrons. The van der Waals surface area contributed by atoms with Crippen molar-refractivity contribution in [1.29, 1.82) is 0 Å². The smallest absolute Gasteiger partial charge is 0.326 e. The van der Waals surface area contributed by atoms with Gasteiger partial charge in [-0.05, 0) is 58.2 Å². The van der Waals surface area contributed by atoms with Crippen LogP contribution >= 0.6 is 0 Å². The van der Waals surface area contributed by atoms with Crippen LogP contribution in [0.3, 0.4) is 0 Å². The molecule has 0 amide bonds. The third-order valence-electron chi connectivity index (χ3n) is 4.97. The molecule has 2 rings (SSSR count). The zero-order chi connectivity index (χ0) is 14.4. The lowest BCUT2D eigenvalue weighted by molar-refractivity contribution is -0.151. The second-order valence-electron chi connectivity index (χ2n) is 6.30. The second-order valence-corrected chi connectivity index (χ2v) is 6.30. The van der Waals surface area contributed by atoms with Gasteiger partial charge in [0.15, 0.2) is 0 Å². The van der Waals surface area contributed by atoms with E-state index in [1.165, 1.54) is 52.3 Å². The van der Waals surface area contributed by atoms with Crippen molar-refractivity contribution < 1.29 is 9.53 Å². The van der Waals surface area contributed by atoms with Gasteiger partial charge in [-0.1, -0.05) is 19.8 Å². The maximum Gasteiger partial charge on any atom is 0.326 e. The molecule has 0 spiro atoms. The van der Waals surface area contributed by atoms with E-state index in [4.69, 9.17) is 4.74 Å². The lowest BCUT2D eigenvalue weighted by Crippen LogP contribution is -2.58. The second kappa shape index (κ2) is 7.41. The molecule has 0 radical (unpaired) electrons. The van der Waals surface area contributed by atoms with Crippen LogP contribution in [0.25, 0.3) is 0 Å². The number of ether oxygens (including phenoxy) is 1. The Kier molecular flexibility index (Phi) is 5.85. The van der Waals surface area contributed by atoms with E-state index in [1.807, 2.05) is 0 Å². The van der Waals surface area contributed by atoms with Crippen molar-refractivity contribution in [2.75, 3.05) is 26.7 Å². The number of carbonyl (C=O) groups excluding carboxylic acids is 1. The maximum absolute atomic E-state index is 12.3. The molecule has 1 heterocycles. The Morgan fingerprint density at radius 2 is 1.95 bits per heavy atom. The molecule has 0 aromatic heterocycles. The Hall–Kier alpha value is -0.610. The van der Waals surface area contributed by atoms with E-state index in [-0.39, 0.29) is 5.97 Å². The molecule has 2 fully saturated rings. The molecule has 4 nitrogen and oxygen atoms in total. The third kappa shape index (κ3) is 3.53. The van der Waals surface area contributed by atoms with E-state index in [1.54, 1.807) is 0 Å². The number of hydrogen-bond donors (Lipinski definition) is 1. The minimum atomic E-state index is -0.446. The first kappa shape index (κ1) is 15.8. The Bertz CT molecular complexity index is 310. The minimum absolute atomic E-state index is 0.0705. The van der Waals surface area contributed by atoms with Crippen LogP contribution < -0.4 is 5.32 Å². The largest absolute Gasteiger partial charge is 0.468 e. The Labute approximate surface area is 123 Å².